The minimum Gasteiger partial charge on any atom is -0.495 e. The lowest BCUT2D eigenvalue weighted by molar-refractivity contribution is -0.116. The highest BCUT2D eigenvalue weighted by Crippen LogP contribution is 2.24. The van der Waals surface area contributed by atoms with Crippen LogP contribution in [0.2, 0.25) is 0 Å². The summed E-state index contributed by atoms with van der Waals surface area (Å²) in [5.74, 6) is 1.40. The van der Waals surface area contributed by atoms with Gasteiger partial charge in [-0.15, -0.1) is 0 Å². The largest absolute Gasteiger partial charge is 0.495 e. The Labute approximate surface area is 187 Å². The van der Waals surface area contributed by atoms with E-state index in [9.17, 15) is 9.59 Å². The number of hydrogen-bond acceptors (Lipinski definition) is 6. The molecule has 0 fully saturated rings. The Morgan fingerprint density at radius 3 is 2.41 bits per heavy atom. The molecule has 0 unspecified atom stereocenters. The Hall–Kier alpha value is -3.68. The van der Waals surface area contributed by atoms with E-state index in [4.69, 9.17) is 9.26 Å². The second kappa shape index (κ2) is 10.1. The third-order valence-corrected chi connectivity index (χ3v) is 4.72. The number of benzene rings is 2. The number of nitrogens with zero attached hydrogens (tertiary/aromatic N) is 2. The van der Waals surface area contributed by atoms with Crippen LogP contribution in [-0.2, 0) is 16.6 Å². The van der Waals surface area contributed by atoms with Crippen molar-refractivity contribution in [3.8, 4) is 5.75 Å². The van der Waals surface area contributed by atoms with Crippen LogP contribution in [-0.4, -0.2) is 29.1 Å². The zero-order chi connectivity index (χ0) is 23.1. The fourth-order valence-corrected chi connectivity index (χ4v) is 2.93. The van der Waals surface area contributed by atoms with Crippen molar-refractivity contribution < 1.29 is 18.8 Å². The first kappa shape index (κ1) is 23.0. The first-order valence-electron chi connectivity index (χ1n) is 10.4. The van der Waals surface area contributed by atoms with Crippen LogP contribution in [0.3, 0.4) is 0 Å². The van der Waals surface area contributed by atoms with Crippen molar-refractivity contribution in [2.75, 3.05) is 17.7 Å². The number of rotatable bonds is 8. The van der Waals surface area contributed by atoms with Gasteiger partial charge in [0, 0.05) is 29.5 Å². The second-order valence-electron chi connectivity index (χ2n) is 8.40. The lowest BCUT2D eigenvalue weighted by atomic mass is 9.96. The Kier molecular flexibility index (Phi) is 7.25. The maximum absolute atomic E-state index is 12.5. The van der Waals surface area contributed by atoms with Gasteiger partial charge in [0.05, 0.1) is 12.8 Å². The Morgan fingerprint density at radius 1 is 1.03 bits per heavy atom. The fraction of sp³-hybridized carbons (Fsp3) is 0.333. The topological polar surface area (TPSA) is 106 Å². The normalized spacial score (nSPS) is 11.1. The van der Waals surface area contributed by atoms with Gasteiger partial charge >= 0.3 is 0 Å². The van der Waals surface area contributed by atoms with Crippen molar-refractivity contribution in [3.63, 3.8) is 0 Å². The zero-order valence-electron chi connectivity index (χ0n) is 18.8. The van der Waals surface area contributed by atoms with Gasteiger partial charge < -0.3 is 19.9 Å². The van der Waals surface area contributed by atoms with E-state index < -0.39 is 0 Å². The zero-order valence-corrected chi connectivity index (χ0v) is 18.8. The third-order valence-electron chi connectivity index (χ3n) is 4.72. The molecule has 3 rings (SSSR count). The molecule has 0 saturated carbocycles. The summed E-state index contributed by atoms with van der Waals surface area (Å²) < 4.78 is 10.5. The fourth-order valence-electron chi connectivity index (χ4n) is 2.93. The molecule has 0 aliphatic rings. The number of carbonyl (C=O) groups excluding carboxylic acids is 2. The van der Waals surface area contributed by atoms with Crippen LogP contribution in [0, 0.1) is 0 Å². The molecule has 1 heterocycles. The summed E-state index contributed by atoms with van der Waals surface area (Å²) in [7, 11) is 1.55. The molecule has 168 valence electrons. The molecule has 1 aromatic heterocycles. The molecule has 2 aromatic carbocycles. The molecule has 32 heavy (non-hydrogen) atoms. The van der Waals surface area contributed by atoms with E-state index in [1.165, 1.54) is 0 Å². The van der Waals surface area contributed by atoms with Crippen molar-refractivity contribution >= 4 is 23.2 Å². The van der Waals surface area contributed by atoms with Crippen molar-refractivity contribution in [1.82, 2.24) is 10.1 Å². The van der Waals surface area contributed by atoms with Crippen molar-refractivity contribution in [3.05, 3.63) is 65.8 Å². The van der Waals surface area contributed by atoms with Gasteiger partial charge in [-0.05, 0) is 42.8 Å². The minimum atomic E-state index is -0.262. The molecule has 0 saturated heterocycles. The number of aryl methyl sites for hydroxylation is 1. The summed E-state index contributed by atoms with van der Waals surface area (Å²) in [6.45, 7) is 6.05. The van der Waals surface area contributed by atoms with Gasteiger partial charge in [-0.3, -0.25) is 9.59 Å². The maximum atomic E-state index is 12.5. The van der Waals surface area contributed by atoms with E-state index in [2.05, 4.69) is 20.8 Å². The van der Waals surface area contributed by atoms with E-state index in [0.717, 1.165) is 0 Å². The number of aromatic nitrogens is 2. The summed E-state index contributed by atoms with van der Waals surface area (Å²) in [4.78, 5) is 29.1. The van der Waals surface area contributed by atoms with E-state index in [1.54, 1.807) is 43.5 Å². The summed E-state index contributed by atoms with van der Waals surface area (Å²) in [5.41, 5.74) is 1.51. The van der Waals surface area contributed by atoms with Crippen molar-refractivity contribution in [1.29, 1.82) is 0 Å². The first-order chi connectivity index (χ1) is 15.3. The highest BCUT2D eigenvalue weighted by molar-refractivity contribution is 6.05. The van der Waals surface area contributed by atoms with Gasteiger partial charge in [-0.1, -0.05) is 38.1 Å². The predicted molar refractivity (Wildman–Crippen MR) is 122 cm³/mol. The van der Waals surface area contributed by atoms with Crippen LogP contribution in [0.5, 0.6) is 5.75 Å². The summed E-state index contributed by atoms with van der Waals surface area (Å²) in [5, 5.41) is 9.64. The van der Waals surface area contributed by atoms with Gasteiger partial charge in [-0.25, -0.2) is 0 Å². The number of carbonyl (C=O) groups is 2. The van der Waals surface area contributed by atoms with Crippen LogP contribution in [0.4, 0.5) is 11.4 Å². The quantitative estimate of drug-likeness (QED) is 0.535. The number of nitrogens with one attached hydrogen (secondary N) is 2. The van der Waals surface area contributed by atoms with E-state index in [-0.39, 0.29) is 17.2 Å². The van der Waals surface area contributed by atoms with Crippen LogP contribution >= 0.6 is 0 Å². The van der Waals surface area contributed by atoms with Crippen molar-refractivity contribution in [2.24, 2.45) is 0 Å². The smallest absolute Gasteiger partial charge is 0.255 e. The number of para-hydroxylation sites is 2. The molecule has 0 atom stereocenters. The highest BCUT2D eigenvalue weighted by atomic mass is 16.5. The Balaban J connectivity index is 1.48. The summed E-state index contributed by atoms with van der Waals surface area (Å²) >= 11 is 0. The van der Waals surface area contributed by atoms with Crippen molar-refractivity contribution in [2.45, 2.75) is 45.4 Å². The molecular weight excluding hydrogens is 408 g/mol. The van der Waals surface area contributed by atoms with Gasteiger partial charge in [0.1, 0.15) is 5.75 Å². The number of anilines is 2. The maximum Gasteiger partial charge on any atom is 0.255 e. The van der Waals surface area contributed by atoms with Crippen LogP contribution < -0.4 is 15.4 Å². The first-order valence-corrected chi connectivity index (χ1v) is 10.4. The standard InChI is InChI=1S/C24H28N4O4/c1-24(2,3)23-27-21(32-28-23)11-7-10-20(29)25-17-14-12-16(13-15-17)22(30)26-18-8-5-6-9-19(18)31-4/h5-6,8-9,12-15H,7,10-11H2,1-4H3,(H,25,29)(H,26,30). The lowest BCUT2D eigenvalue weighted by Gasteiger charge is -2.10. The molecule has 0 radical (unpaired) electrons. The number of amides is 2. The Bertz CT molecular complexity index is 1070. The molecule has 8 heteroatoms. The molecular formula is C24H28N4O4. The van der Waals surface area contributed by atoms with Gasteiger partial charge in [0.2, 0.25) is 11.8 Å². The Morgan fingerprint density at radius 2 is 1.75 bits per heavy atom. The molecule has 3 aromatic rings. The van der Waals surface area contributed by atoms with Gasteiger partial charge in [0.15, 0.2) is 5.82 Å². The molecule has 0 aliphatic heterocycles. The third kappa shape index (κ3) is 6.16. The molecule has 2 amide bonds. The van der Waals surface area contributed by atoms with Crippen LogP contribution in [0.25, 0.3) is 0 Å². The minimum absolute atomic E-state index is 0.119. The van der Waals surface area contributed by atoms with E-state index >= 15 is 0 Å². The monoisotopic (exact) mass is 436 g/mol. The molecule has 8 nitrogen and oxygen atoms in total. The van der Waals surface area contributed by atoms with Gasteiger partial charge in [-0.2, -0.15) is 4.98 Å². The van der Waals surface area contributed by atoms with Gasteiger partial charge in [0.25, 0.3) is 5.91 Å². The molecule has 0 aliphatic carbocycles. The average molecular weight is 437 g/mol. The predicted octanol–water partition coefficient (Wildman–Crippen LogP) is 4.59. The lowest BCUT2D eigenvalue weighted by Crippen LogP contribution is -2.14. The molecule has 0 spiro atoms. The molecule has 2 N–H and O–H groups in total. The summed E-state index contributed by atoms with van der Waals surface area (Å²) in [6, 6.07) is 13.9. The van der Waals surface area contributed by atoms with E-state index in [1.807, 2.05) is 32.9 Å². The number of methoxy groups -OCH3 is 1. The average Bonchev–Trinajstić information content (AvgIpc) is 3.24. The SMILES string of the molecule is COc1ccccc1NC(=O)c1ccc(NC(=O)CCCc2nc(C(C)(C)C)no2)cc1. The number of hydrogen-bond donors (Lipinski definition) is 2. The highest BCUT2D eigenvalue weighted by Gasteiger charge is 2.20. The van der Waals surface area contributed by atoms with Crippen LogP contribution in [0.15, 0.2) is 53.1 Å². The second-order valence-corrected chi connectivity index (χ2v) is 8.40. The summed E-state index contributed by atoms with van der Waals surface area (Å²) in [6.07, 6.45) is 1.46. The van der Waals surface area contributed by atoms with E-state index in [0.29, 0.717) is 53.7 Å². The number of ether oxygens (including phenoxy) is 1. The van der Waals surface area contributed by atoms with Crippen LogP contribution in [0.1, 0.15) is 55.7 Å². The molecule has 0 bridgehead atoms.